The van der Waals surface area contributed by atoms with Crippen molar-refractivity contribution in [3.8, 4) is 11.1 Å². The third-order valence-electron chi connectivity index (χ3n) is 5.41. The maximum atomic E-state index is 13.0. The van der Waals surface area contributed by atoms with Gasteiger partial charge in [0.25, 0.3) is 15.9 Å². The molecule has 3 aromatic carbocycles. The number of rotatable bonds is 3. The van der Waals surface area contributed by atoms with Crippen LogP contribution in [-0.2, 0) is 10.0 Å². The van der Waals surface area contributed by atoms with E-state index < -0.39 is 10.0 Å². The minimum atomic E-state index is -3.61. The number of carbonyl (C=O) groups is 1. The molecule has 0 spiro atoms. The fourth-order valence-electron chi connectivity index (χ4n) is 3.69. The Morgan fingerprint density at radius 1 is 0.966 bits per heavy atom. The Morgan fingerprint density at radius 3 is 2.48 bits per heavy atom. The van der Waals surface area contributed by atoms with Gasteiger partial charge in [-0.2, -0.15) is 0 Å². The van der Waals surface area contributed by atoms with E-state index in [-0.39, 0.29) is 10.8 Å². The third kappa shape index (κ3) is 3.09. The quantitative estimate of drug-likeness (QED) is 0.682. The molecule has 0 aliphatic carbocycles. The molecule has 1 aliphatic rings. The van der Waals surface area contributed by atoms with E-state index in [1.807, 2.05) is 38.1 Å². The molecule has 1 aliphatic heterocycles. The lowest BCUT2D eigenvalue weighted by atomic mass is 9.99. The number of anilines is 2. The van der Waals surface area contributed by atoms with Gasteiger partial charge in [-0.15, -0.1) is 0 Å². The SMILES string of the molecule is CCN1c2ccc(C(=O)Nc3cccc(C)c3C)cc2-c2ccccc2S1(=O)=O. The number of benzene rings is 3. The van der Waals surface area contributed by atoms with E-state index in [0.29, 0.717) is 23.4 Å². The first kappa shape index (κ1) is 19.2. The van der Waals surface area contributed by atoms with E-state index >= 15 is 0 Å². The molecule has 0 saturated heterocycles. The van der Waals surface area contributed by atoms with Gasteiger partial charge in [0.1, 0.15) is 0 Å². The Balaban J connectivity index is 1.79. The van der Waals surface area contributed by atoms with Crippen LogP contribution in [0.1, 0.15) is 28.4 Å². The van der Waals surface area contributed by atoms with Crippen molar-refractivity contribution in [1.82, 2.24) is 0 Å². The summed E-state index contributed by atoms with van der Waals surface area (Å²) >= 11 is 0. The molecule has 0 unspecified atom stereocenters. The molecule has 0 saturated carbocycles. The number of fused-ring (bicyclic) bond motifs is 3. The highest BCUT2D eigenvalue weighted by molar-refractivity contribution is 7.93. The normalized spacial score (nSPS) is 14.1. The number of sulfonamides is 1. The lowest BCUT2D eigenvalue weighted by molar-refractivity contribution is 0.102. The van der Waals surface area contributed by atoms with E-state index in [4.69, 9.17) is 0 Å². The smallest absolute Gasteiger partial charge is 0.264 e. The highest BCUT2D eigenvalue weighted by Crippen LogP contribution is 2.43. The molecule has 0 fully saturated rings. The second-order valence-electron chi connectivity index (χ2n) is 7.10. The zero-order valence-corrected chi connectivity index (χ0v) is 17.4. The Labute approximate surface area is 171 Å². The van der Waals surface area contributed by atoms with Gasteiger partial charge in [0, 0.05) is 28.9 Å². The molecule has 0 atom stereocenters. The number of hydrogen-bond donors (Lipinski definition) is 1. The summed E-state index contributed by atoms with van der Waals surface area (Å²) in [7, 11) is -3.61. The molecule has 6 heteroatoms. The summed E-state index contributed by atoms with van der Waals surface area (Å²) in [6.07, 6.45) is 0. The van der Waals surface area contributed by atoms with Gasteiger partial charge < -0.3 is 5.32 Å². The number of carbonyl (C=O) groups excluding carboxylic acids is 1. The number of amides is 1. The average Bonchev–Trinajstić information content (AvgIpc) is 2.71. The van der Waals surface area contributed by atoms with Gasteiger partial charge in [-0.3, -0.25) is 9.10 Å². The fraction of sp³-hybridized carbons (Fsp3) is 0.174. The number of aryl methyl sites for hydroxylation is 1. The first-order valence-electron chi connectivity index (χ1n) is 9.48. The lowest BCUT2D eigenvalue weighted by Gasteiger charge is -2.31. The molecule has 0 aromatic heterocycles. The van der Waals surface area contributed by atoms with Crippen molar-refractivity contribution in [2.24, 2.45) is 0 Å². The second-order valence-corrected chi connectivity index (χ2v) is 8.93. The van der Waals surface area contributed by atoms with Crippen LogP contribution in [0.25, 0.3) is 11.1 Å². The summed E-state index contributed by atoms with van der Waals surface area (Å²) in [4.78, 5) is 13.2. The van der Waals surface area contributed by atoms with Crippen LogP contribution < -0.4 is 9.62 Å². The van der Waals surface area contributed by atoms with Gasteiger partial charge in [0.2, 0.25) is 0 Å². The number of nitrogens with zero attached hydrogens (tertiary/aromatic N) is 1. The Kier molecular flexibility index (Phi) is 4.67. The maximum absolute atomic E-state index is 13.0. The van der Waals surface area contributed by atoms with Gasteiger partial charge in [-0.25, -0.2) is 8.42 Å². The predicted octanol–water partition coefficient (Wildman–Crippen LogP) is 4.75. The fourth-order valence-corrected chi connectivity index (χ4v) is 5.40. The topological polar surface area (TPSA) is 66.5 Å². The standard InChI is InChI=1S/C23H22N2O3S/c1-4-25-21-13-12-17(23(26)24-20-10-7-8-15(2)16(20)3)14-19(21)18-9-5-6-11-22(18)29(25,27)28/h5-14H,4H2,1-3H3,(H,24,26). The molecule has 0 bridgehead atoms. The van der Waals surface area contributed by atoms with Crippen molar-refractivity contribution >= 4 is 27.3 Å². The van der Waals surface area contributed by atoms with E-state index in [9.17, 15) is 13.2 Å². The summed E-state index contributed by atoms with van der Waals surface area (Å²) in [5.41, 5.74) is 5.33. The van der Waals surface area contributed by atoms with Crippen LogP contribution in [0, 0.1) is 13.8 Å². The minimum absolute atomic E-state index is 0.226. The summed E-state index contributed by atoms with van der Waals surface area (Å²) in [5.74, 6) is -0.226. The molecule has 1 heterocycles. The van der Waals surface area contributed by atoms with E-state index in [1.54, 1.807) is 43.3 Å². The van der Waals surface area contributed by atoms with Crippen LogP contribution in [0.4, 0.5) is 11.4 Å². The molecular formula is C23H22N2O3S. The molecular weight excluding hydrogens is 384 g/mol. The van der Waals surface area contributed by atoms with Crippen LogP contribution >= 0.6 is 0 Å². The largest absolute Gasteiger partial charge is 0.322 e. The van der Waals surface area contributed by atoms with E-state index in [0.717, 1.165) is 22.4 Å². The predicted molar refractivity (Wildman–Crippen MR) is 116 cm³/mol. The summed E-state index contributed by atoms with van der Waals surface area (Å²) in [6, 6.07) is 17.9. The highest BCUT2D eigenvalue weighted by atomic mass is 32.2. The molecule has 3 aromatic rings. The van der Waals surface area contributed by atoms with Crippen molar-refractivity contribution in [3.05, 3.63) is 77.4 Å². The maximum Gasteiger partial charge on any atom is 0.264 e. The van der Waals surface area contributed by atoms with E-state index in [1.165, 1.54) is 4.31 Å². The minimum Gasteiger partial charge on any atom is -0.322 e. The summed E-state index contributed by atoms with van der Waals surface area (Å²) in [6.45, 7) is 6.09. The Bertz CT molecular complexity index is 1230. The molecule has 148 valence electrons. The summed E-state index contributed by atoms with van der Waals surface area (Å²) in [5, 5.41) is 2.97. The first-order valence-corrected chi connectivity index (χ1v) is 10.9. The highest BCUT2D eigenvalue weighted by Gasteiger charge is 2.34. The van der Waals surface area contributed by atoms with Gasteiger partial charge in [-0.1, -0.05) is 30.3 Å². The van der Waals surface area contributed by atoms with Gasteiger partial charge >= 0.3 is 0 Å². The monoisotopic (exact) mass is 406 g/mol. The number of hydrogen-bond acceptors (Lipinski definition) is 3. The average molecular weight is 407 g/mol. The van der Waals surface area contributed by atoms with Crippen molar-refractivity contribution in [2.75, 3.05) is 16.2 Å². The van der Waals surface area contributed by atoms with Gasteiger partial charge in [-0.05, 0) is 62.2 Å². The zero-order valence-electron chi connectivity index (χ0n) is 16.6. The van der Waals surface area contributed by atoms with Crippen LogP contribution in [0.15, 0.2) is 65.6 Å². The summed E-state index contributed by atoms with van der Waals surface area (Å²) < 4.78 is 27.3. The van der Waals surface area contributed by atoms with Crippen LogP contribution in [0.2, 0.25) is 0 Å². The van der Waals surface area contributed by atoms with Crippen LogP contribution in [0.5, 0.6) is 0 Å². The third-order valence-corrected chi connectivity index (χ3v) is 7.36. The molecule has 29 heavy (non-hydrogen) atoms. The second kappa shape index (κ2) is 7.04. The van der Waals surface area contributed by atoms with Crippen molar-refractivity contribution in [3.63, 3.8) is 0 Å². The molecule has 1 amide bonds. The molecule has 1 N–H and O–H groups in total. The first-order chi connectivity index (χ1) is 13.8. The van der Waals surface area contributed by atoms with Crippen molar-refractivity contribution < 1.29 is 13.2 Å². The van der Waals surface area contributed by atoms with Crippen LogP contribution in [-0.4, -0.2) is 20.9 Å². The Morgan fingerprint density at radius 2 is 1.72 bits per heavy atom. The van der Waals surface area contributed by atoms with Gasteiger partial charge in [0.15, 0.2) is 0 Å². The zero-order chi connectivity index (χ0) is 20.8. The lowest BCUT2D eigenvalue weighted by Crippen LogP contribution is -2.34. The van der Waals surface area contributed by atoms with Gasteiger partial charge in [0.05, 0.1) is 10.6 Å². The molecule has 0 radical (unpaired) electrons. The van der Waals surface area contributed by atoms with Crippen LogP contribution in [0.3, 0.4) is 0 Å². The van der Waals surface area contributed by atoms with Crippen molar-refractivity contribution in [1.29, 1.82) is 0 Å². The Hall–Kier alpha value is -3.12. The molecule has 4 rings (SSSR count). The van der Waals surface area contributed by atoms with Crippen molar-refractivity contribution in [2.45, 2.75) is 25.7 Å². The number of nitrogens with one attached hydrogen (secondary N) is 1. The van der Waals surface area contributed by atoms with E-state index in [2.05, 4.69) is 5.32 Å². The molecule has 5 nitrogen and oxygen atoms in total.